The van der Waals surface area contributed by atoms with Crippen molar-refractivity contribution in [3.8, 4) is 0 Å². The molecular weight excluding hydrogens is 140 g/mol. The number of hydrogen-bond acceptors (Lipinski definition) is 3. The molecule has 3 nitrogen and oxygen atoms in total. The monoisotopic (exact) mass is 158 g/mol. The van der Waals surface area contributed by atoms with E-state index in [0.717, 1.165) is 25.7 Å². The molecule has 0 aromatic rings. The molecule has 1 unspecified atom stereocenters. The fourth-order valence-corrected chi connectivity index (χ4v) is 1.86. The van der Waals surface area contributed by atoms with Gasteiger partial charge in [0.05, 0.1) is 0 Å². The smallest absolute Gasteiger partial charge is 0.158 e. The van der Waals surface area contributed by atoms with Crippen LogP contribution in [0.1, 0.15) is 39.0 Å². The predicted octanol–water partition coefficient (Wildman–Crippen LogP) is 0.533. The summed E-state index contributed by atoms with van der Waals surface area (Å²) in [6.45, 7) is 2.16. The maximum Gasteiger partial charge on any atom is 0.158 e. The standard InChI is InChI=1S/C8H18N2O/c1-2-4-8(5-3-6-8)10-7(9)11/h7,10-11H,2-6,9H2,1H3. The highest BCUT2D eigenvalue weighted by Crippen LogP contribution is 2.35. The van der Waals surface area contributed by atoms with Crippen LogP contribution < -0.4 is 11.1 Å². The van der Waals surface area contributed by atoms with Gasteiger partial charge in [0.1, 0.15) is 0 Å². The van der Waals surface area contributed by atoms with E-state index in [0.29, 0.717) is 0 Å². The van der Waals surface area contributed by atoms with Gasteiger partial charge in [-0.1, -0.05) is 13.3 Å². The van der Waals surface area contributed by atoms with Gasteiger partial charge in [-0.05, 0) is 25.7 Å². The van der Waals surface area contributed by atoms with Crippen LogP contribution in [0.15, 0.2) is 0 Å². The van der Waals surface area contributed by atoms with Gasteiger partial charge >= 0.3 is 0 Å². The van der Waals surface area contributed by atoms with Crippen LogP contribution in [-0.2, 0) is 0 Å². The highest BCUT2D eigenvalue weighted by atomic mass is 16.3. The van der Waals surface area contributed by atoms with E-state index in [1.54, 1.807) is 0 Å². The number of aliphatic hydroxyl groups excluding tert-OH is 1. The first-order valence-corrected chi connectivity index (χ1v) is 4.40. The highest BCUT2D eigenvalue weighted by molar-refractivity contribution is 4.95. The summed E-state index contributed by atoms with van der Waals surface area (Å²) < 4.78 is 0. The van der Waals surface area contributed by atoms with Crippen molar-refractivity contribution >= 4 is 0 Å². The molecule has 0 saturated heterocycles. The van der Waals surface area contributed by atoms with Crippen LogP contribution in [0.3, 0.4) is 0 Å². The molecule has 66 valence electrons. The van der Waals surface area contributed by atoms with Crippen molar-refractivity contribution in [2.75, 3.05) is 0 Å². The Labute approximate surface area is 68.0 Å². The summed E-state index contributed by atoms with van der Waals surface area (Å²) >= 11 is 0. The molecule has 11 heavy (non-hydrogen) atoms. The highest BCUT2D eigenvalue weighted by Gasteiger charge is 2.36. The number of rotatable bonds is 4. The first-order chi connectivity index (χ1) is 5.18. The lowest BCUT2D eigenvalue weighted by Crippen LogP contribution is -2.57. The minimum atomic E-state index is -0.846. The Morgan fingerprint density at radius 3 is 2.55 bits per heavy atom. The second-order valence-corrected chi connectivity index (χ2v) is 3.47. The van der Waals surface area contributed by atoms with Gasteiger partial charge in [0.25, 0.3) is 0 Å². The molecule has 0 aliphatic heterocycles. The van der Waals surface area contributed by atoms with Crippen molar-refractivity contribution in [1.82, 2.24) is 5.32 Å². The number of aliphatic hydroxyl groups is 1. The summed E-state index contributed by atoms with van der Waals surface area (Å²) in [4.78, 5) is 0. The first kappa shape index (κ1) is 8.97. The van der Waals surface area contributed by atoms with Crippen LogP contribution in [0.4, 0.5) is 0 Å². The van der Waals surface area contributed by atoms with Crippen molar-refractivity contribution in [3.05, 3.63) is 0 Å². The third-order valence-corrected chi connectivity index (χ3v) is 2.49. The fourth-order valence-electron chi connectivity index (χ4n) is 1.86. The van der Waals surface area contributed by atoms with E-state index in [1.165, 1.54) is 6.42 Å². The molecule has 0 heterocycles. The average Bonchev–Trinajstić information content (AvgIpc) is 1.82. The lowest BCUT2D eigenvalue weighted by molar-refractivity contribution is 0.0520. The van der Waals surface area contributed by atoms with E-state index in [4.69, 9.17) is 10.8 Å². The molecule has 0 aromatic carbocycles. The molecule has 1 aliphatic rings. The fraction of sp³-hybridized carbons (Fsp3) is 1.00. The Morgan fingerprint density at radius 1 is 1.64 bits per heavy atom. The second kappa shape index (κ2) is 3.52. The van der Waals surface area contributed by atoms with Gasteiger partial charge in [0, 0.05) is 5.54 Å². The molecule has 1 saturated carbocycles. The third-order valence-electron chi connectivity index (χ3n) is 2.49. The van der Waals surface area contributed by atoms with Crippen LogP contribution in [0.2, 0.25) is 0 Å². The summed E-state index contributed by atoms with van der Waals surface area (Å²) in [5, 5.41) is 12.0. The van der Waals surface area contributed by atoms with E-state index < -0.39 is 6.35 Å². The molecule has 0 aromatic heterocycles. The molecule has 0 radical (unpaired) electrons. The van der Waals surface area contributed by atoms with E-state index in [2.05, 4.69) is 12.2 Å². The third kappa shape index (κ3) is 2.15. The Kier molecular flexibility index (Phi) is 2.87. The van der Waals surface area contributed by atoms with Gasteiger partial charge in [0.2, 0.25) is 0 Å². The van der Waals surface area contributed by atoms with Crippen molar-refractivity contribution in [2.24, 2.45) is 5.73 Å². The summed E-state index contributed by atoms with van der Waals surface area (Å²) in [6.07, 6.45) is 5.02. The molecule has 1 atom stereocenters. The zero-order valence-corrected chi connectivity index (χ0v) is 7.14. The largest absolute Gasteiger partial charge is 0.366 e. The summed E-state index contributed by atoms with van der Waals surface area (Å²) in [6, 6.07) is 0. The van der Waals surface area contributed by atoms with Crippen molar-refractivity contribution in [2.45, 2.75) is 50.9 Å². The number of nitrogens with one attached hydrogen (secondary N) is 1. The van der Waals surface area contributed by atoms with Crippen molar-refractivity contribution in [3.63, 3.8) is 0 Å². The van der Waals surface area contributed by atoms with Gasteiger partial charge in [-0.2, -0.15) is 0 Å². The van der Waals surface area contributed by atoms with Gasteiger partial charge < -0.3 is 5.11 Å². The van der Waals surface area contributed by atoms with E-state index in [-0.39, 0.29) is 5.54 Å². The first-order valence-electron chi connectivity index (χ1n) is 4.40. The molecule has 1 fully saturated rings. The van der Waals surface area contributed by atoms with Crippen LogP contribution in [0.5, 0.6) is 0 Å². The topological polar surface area (TPSA) is 58.3 Å². The zero-order chi connectivity index (χ0) is 8.32. The Balaban J connectivity index is 2.33. The molecule has 1 aliphatic carbocycles. The molecule has 0 spiro atoms. The van der Waals surface area contributed by atoms with E-state index >= 15 is 0 Å². The van der Waals surface area contributed by atoms with Crippen molar-refractivity contribution < 1.29 is 5.11 Å². The molecule has 4 N–H and O–H groups in total. The van der Waals surface area contributed by atoms with E-state index in [1.807, 2.05) is 0 Å². The molecule has 1 rings (SSSR count). The normalized spacial score (nSPS) is 24.3. The molecule has 0 bridgehead atoms. The lowest BCUT2D eigenvalue weighted by atomic mass is 9.74. The maximum atomic E-state index is 8.95. The van der Waals surface area contributed by atoms with Gasteiger partial charge in [0.15, 0.2) is 6.35 Å². The molecule has 0 amide bonds. The minimum absolute atomic E-state index is 0.170. The van der Waals surface area contributed by atoms with E-state index in [9.17, 15) is 0 Å². The maximum absolute atomic E-state index is 8.95. The van der Waals surface area contributed by atoms with Gasteiger partial charge in [-0.25, -0.2) is 0 Å². The Bertz CT molecular complexity index is 121. The van der Waals surface area contributed by atoms with Crippen molar-refractivity contribution in [1.29, 1.82) is 0 Å². The quantitative estimate of drug-likeness (QED) is 0.523. The Hall–Kier alpha value is -0.120. The number of hydrogen-bond donors (Lipinski definition) is 3. The SMILES string of the molecule is CCCC1(NC(N)O)CCC1. The lowest BCUT2D eigenvalue weighted by Gasteiger charge is -2.43. The van der Waals surface area contributed by atoms with Crippen LogP contribution in [-0.4, -0.2) is 17.0 Å². The number of nitrogens with two attached hydrogens (primary N) is 1. The van der Waals surface area contributed by atoms with Crippen LogP contribution in [0.25, 0.3) is 0 Å². The zero-order valence-electron chi connectivity index (χ0n) is 7.14. The van der Waals surface area contributed by atoms with Gasteiger partial charge in [-0.3, -0.25) is 11.1 Å². The molecule has 3 heteroatoms. The summed E-state index contributed by atoms with van der Waals surface area (Å²) in [5.74, 6) is 0. The average molecular weight is 158 g/mol. The van der Waals surface area contributed by atoms with Crippen LogP contribution >= 0.6 is 0 Å². The second-order valence-electron chi connectivity index (χ2n) is 3.47. The van der Waals surface area contributed by atoms with Crippen LogP contribution in [0, 0.1) is 0 Å². The van der Waals surface area contributed by atoms with Gasteiger partial charge in [-0.15, -0.1) is 0 Å². The minimum Gasteiger partial charge on any atom is -0.366 e. The Morgan fingerprint density at radius 2 is 2.27 bits per heavy atom. The summed E-state index contributed by atoms with van der Waals surface area (Å²) in [7, 11) is 0. The predicted molar refractivity (Wildman–Crippen MR) is 44.8 cm³/mol. The summed E-state index contributed by atoms with van der Waals surface area (Å²) in [5.41, 5.74) is 5.43. The molecular formula is C8H18N2O.